The second-order valence-electron chi connectivity index (χ2n) is 3.87. The van der Waals surface area contributed by atoms with Crippen LogP contribution in [0.1, 0.15) is 29.1 Å². The molecule has 0 aliphatic heterocycles. The van der Waals surface area contributed by atoms with Crippen LogP contribution in [-0.2, 0) is 4.79 Å². The first-order valence-corrected chi connectivity index (χ1v) is 6.59. The third-order valence-electron chi connectivity index (χ3n) is 2.15. The quantitative estimate of drug-likeness (QED) is 0.929. The smallest absolute Gasteiger partial charge is 0.261 e. The second kappa shape index (κ2) is 5.59. The number of thiophene rings is 1. The molecule has 1 heterocycles. The number of nitrogens with one attached hydrogen (secondary N) is 1. The third kappa shape index (κ3) is 3.42. The van der Waals surface area contributed by atoms with Gasteiger partial charge in [-0.25, -0.2) is 0 Å². The maximum atomic E-state index is 11.7. The molecule has 0 aliphatic carbocycles. The number of hydrogen-bond donors (Lipinski definition) is 1. The molecule has 3 nitrogen and oxygen atoms in total. The van der Waals surface area contributed by atoms with E-state index >= 15 is 0 Å². The van der Waals surface area contributed by atoms with Gasteiger partial charge in [0.25, 0.3) is 5.91 Å². The Bertz CT molecular complexity index is 393. The first kappa shape index (κ1) is 13.4. The molecule has 0 aliphatic rings. The number of ketones is 1. The zero-order valence-electron chi connectivity index (χ0n) is 9.46. The zero-order chi connectivity index (χ0) is 12.3. The molecule has 1 aromatic heterocycles. The van der Waals surface area contributed by atoms with E-state index in [9.17, 15) is 9.59 Å². The molecule has 0 saturated carbocycles. The van der Waals surface area contributed by atoms with Crippen molar-refractivity contribution in [2.45, 2.75) is 20.8 Å². The number of carbonyl (C=O) groups is 2. The lowest BCUT2D eigenvalue weighted by Crippen LogP contribution is -2.31. The van der Waals surface area contributed by atoms with E-state index in [4.69, 9.17) is 0 Å². The molecular formula is C11H14BrNO2S. The van der Waals surface area contributed by atoms with Crippen molar-refractivity contribution < 1.29 is 9.59 Å². The molecule has 0 fully saturated rings. The van der Waals surface area contributed by atoms with Crippen molar-refractivity contribution in [1.82, 2.24) is 5.32 Å². The molecule has 0 bridgehead atoms. The second-order valence-corrected chi connectivity index (χ2v) is 6.24. The van der Waals surface area contributed by atoms with Crippen LogP contribution in [0.4, 0.5) is 0 Å². The molecule has 1 N–H and O–H groups in total. The standard InChI is InChI=1S/C11H14BrNO2S/c1-6(2)8(14)5-13-11(15)9-4-7(3)10(12)16-9/h4,6H,5H2,1-3H3,(H,13,15). The fraction of sp³-hybridized carbons (Fsp3) is 0.455. The molecule has 0 saturated heterocycles. The zero-order valence-corrected chi connectivity index (χ0v) is 11.9. The van der Waals surface area contributed by atoms with Crippen molar-refractivity contribution in [3.8, 4) is 0 Å². The molecule has 5 heteroatoms. The minimum atomic E-state index is -0.187. The van der Waals surface area contributed by atoms with Gasteiger partial charge in [-0.1, -0.05) is 13.8 Å². The number of aryl methyl sites for hydroxylation is 1. The summed E-state index contributed by atoms with van der Waals surface area (Å²) in [5.41, 5.74) is 1.03. The van der Waals surface area contributed by atoms with E-state index in [2.05, 4.69) is 21.2 Å². The fourth-order valence-corrected chi connectivity index (χ4v) is 2.48. The van der Waals surface area contributed by atoms with E-state index in [-0.39, 0.29) is 24.2 Å². The Hall–Kier alpha value is -0.680. The van der Waals surface area contributed by atoms with E-state index in [1.807, 2.05) is 26.8 Å². The third-order valence-corrected chi connectivity index (χ3v) is 4.28. The average molecular weight is 304 g/mol. The number of Topliss-reactive ketones (excluding diaryl/α,β-unsaturated/α-hetero) is 1. The predicted octanol–water partition coefficient (Wildman–Crippen LogP) is 2.77. The predicted molar refractivity (Wildman–Crippen MR) is 68.9 cm³/mol. The normalized spacial score (nSPS) is 10.6. The van der Waals surface area contributed by atoms with Crippen LogP contribution >= 0.6 is 27.3 Å². The number of amides is 1. The summed E-state index contributed by atoms with van der Waals surface area (Å²) in [6.45, 7) is 5.67. The highest BCUT2D eigenvalue weighted by Gasteiger charge is 2.13. The van der Waals surface area contributed by atoms with Gasteiger partial charge in [0.05, 0.1) is 15.2 Å². The summed E-state index contributed by atoms with van der Waals surface area (Å²) in [7, 11) is 0. The summed E-state index contributed by atoms with van der Waals surface area (Å²) >= 11 is 4.74. The van der Waals surface area contributed by atoms with Crippen molar-refractivity contribution in [2.75, 3.05) is 6.54 Å². The van der Waals surface area contributed by atoms with Gasteiger partial charge in [-0.05, 0) is 34.5 Å². The van der Waals surface area contributed by atoms with Crippen LogP contribution in [0.5, 0.6) is 0 Å². The van der Waals surface area contributed by atoms with Gasteiger partial charge in [-0.15, -0.1) is 11.3 Å². The molecule has 0 aromatic carbocycles. The van der Waals surface area contributed by atoms with E-state index in [1.165, 1.54) is 11.3 Å². The summed E-state index contributed by atoms with van der Waals surface area (Å²) in [6.07, 6.45) is 0. The van der Waals surface area contributed by atoms with Crippen molar-refractivity contribution in [1.29, 1.82) is 0 Å². The summed E-state index contributed by atoms with van der Waals surface area (Å²) in [4.78, 5) is 23.6. The Balaban J connectivity index is 2.56. The lowest BCUT2D eigenvalue weighted by molar-refractivity contribution is -0.120. The van der Waals surface area contributed by atoms with E-state index < -0.39 is 0 Å². The molecule has 1 rings (SSSR count). The van der Waals surface area contributed by atoms with Gasteiger partial charge in [0, 0.05) is 5.92 Å². The van der Waals surface area contributed by atoms with Crippen molar-refractivity contribution in [3.05, 3.63) is 20.3 Å². The molecule has 88 valence electrons. The Labute approximate surface area is 107 Å². The maximum absolute atomic E-state index is 11.7. The van der Waals surface area contributed by atoms with Gasteiger partial charge in [0.2, 0.25) is 0 Å². The summed E-state index contributed by atoms with van der Waals surface area (Å²) < 4.78 is 0.952. The Morgan fingerprint density at radius 3 is 2.56 bits per heavy atom. The highest BCUT2D eigenvalue weighted by atomic mass is 79.9. The van der Waals surface area contributed by atoms with Crippen LogP contribution in [0.3, 0.4) is 0 Å². The first-order valence-electron chi connectivity index (χ1n) is 4.98. The Morgan fingerprint density at radius 1 is 1.50 bits per heavy atom. The minimum Gasteiger partial charge on any atom is -0.344 e. The molecule has 0 atom stereocenters. The number of carbonyl (C=O) groups excluding carboxylic acids is 2. The van der Waals surface area contributed by atoms with Crippen LogP contribution < -0.4 is 5.32 Å². The lowest BCUT2D eigenvalue weighted by Gasteiger charge is -2.04. The molecular weight excluding hydrogens is 290 g/mol. The maximum Gasteiger partial charge on any atom is 0.261 e. The van der Waals surface area contributed by atoms with Crippen molar-refractivity contribution in [3.63, 3.8) is 0 Å². The van der Waals surface area contributed by atoms with Crippen molar-refractivity contribution >= 4 is 39.0 Å². The van der Waals surface area contributed by atoms with Gasteiger partial charge in [0.15, 0.2) is 5.78 Å². The number of halogens is 1. The Kier molecular flexibility index (Phi) is 4.68. The van der Waals surface area contributed by atoms with E-state index in [0.29, 0.717) is 4.88 Å². The number of rotatable bonds is 4. The molecule has 0 unspecified atom stereocenters. The summed E-state index contributed by atoms with van der Waals surface area (Å²) in [5, 5.41) is 2.62. The molecule has 16 heavy (non-hydrogen) atoms. The fourth-order valence-electron chi connectivity index (χ4n) is 1.03. The van der Waals surface area contributed by atoms with Gasteiger partial charge in [0.1, 0.15) is 0 Å². The first-order chi connectivity index (χ1) is 7.41. The van der Waals surface area contributed by atoms with Crippen LogP contribution in [-0.4, -0.2) is 18.2 Å². The molecule has 0 spiro atoms. The van der Waals surface area contributed by atoms with Crippen LogP contribution in [0.2, 0.25) is 0 Å². The minimum absolute atomic E-state index is 0.0423. The Morgan fingerprint density at radius 2 is 2.12 bits per heavy atom. The van der Waals surface area contributed by atoms with Gasteiger partial charge in [-0.2, -0.15) is 0 Å². The highest BCUT2D eigenvalue weighted by Crippen LogP contribution is 2.27. The topological polar surface area (TPSA) is 46.2 Å². The molecule has 1 aromatic rings. The van der Waals surface area contributed by atoms with E-state index in [1.54, 1.807) is 0 Å². The summed E-state index contributed by atoms with van der Waals surface area (Å²) in [6, 6.07) is 1.81. The largest absolute Gasteiger partial charge is 0.344 e. The monoisotopic (exact) mass is 303 g/mol. The van der Waals surface area contributed by atoms with Gasteiger partial charge < -0.3 is 5.32 Å². The SMILES string of the molecule is Cc1cc(C(=O)NCC(=O)C(C)C)sc1Br. The lowest BCUT2D eigenvalue weighted by atomic mass is 10.1. The van der Waals surface area contributed by atoms with Crippen molar-refractivity contribution in [2.24, 2.45) is 5.92 Å². The average Bonchev–Trinajstić information content (AvgIpc) is 2.55. The van der Waals surface area contributed by atoms with E-state index in [0.717, 1.165) is 9.35 Å². The van der Waals surface area contributed by atoms with Crippen LogP contribution in [0, 0.1) is 12.8 Å². The van der Waals surface area contributed by atoms with Gasteiger partial charge >= 0.3 is 0 Å². The van der Waals surface area contributed by atoms with Gasteiger partial charge in [-0.3, -0.25) is 9.59 Å². The highest BCUT2D eigenvalue weighted by molar-refractivity contribution is 9.11. The van der Waals surface area contributed by atoms with Crippen LogP contribution in [0.15, 0.2) is 9.85 Å². The van der Waals surface area contributed by atoms with Crippen LogP contribution in [0.25, 0.3) is 0 Å². The summed E-state index contributed by atoms with van der Waals surface area (Å²) in [5.74, 6) is -0.189. The molecule has 1 amide bonds. The molecule has 0 radical (unpaired) electrons. The number of hydrogen-bond acceptors (Lipinski definition) is 3.